The lowest BCUT2D eigenvalue weighted by atomic mass is 9.87. The van der Waals surface area contributed by atoms with Crippen molar-refractivity contribution >= 4 is 40.9 Å². The van der Waals surface area contributed by atoms with Crippen molar-refractivity contribution in [2.45, 2.75) is 35.9 Å². The Bertz CT molecular complexity index is 595. The molecule has 0 radical (unpaired) electrons. The van der Waals surface area contributed by atoms with E-state index in [-0.39, 0.29) is 5.41 Å². The summed E-state index contributed by atoms with van der Waals surface area (Å²) in [4.78, 5) is 11.5. The number of rotatable bonds is 1. The number of nitrogens with one attached hydrogen (secondary N) is 1. The van der Waals surface area contributed by atoms with Gasteiger partial charge in [-0.05, 0) is 23.1 Å². The third-order valence-corrected chi connectivity index (χ3v) is 3.89. The van der Waals surface area contributed by atoms with E-state index < -0.39 is 15.8 Å². The Balaban J connectivity index is 2.40. The van der Waals surface area contributed by atoms with Gasteiger partial charge in [0.1, 0.15) is 0 Å². The van der Waals surface area contributed by atoms with E-state index in [0.717, 1.165) is 5.56 Å². The standard InChI is InChI=1S/C14H16Cl3NO4/c1-12(2,3)8-5-6-9-10(7-8)22-14(21-9,13(15,16)17)18-11(19)20-4/h5-7H,1-4H3,(H,18,19). The second kappa shape index (κ2) is 5.55. The Morgan fingerprint density at radius 2 is 1.77 bits per heavy atom. The van der Waals surface area contributed by atoms with Crippen LogP contribution in [0.25, 0.3) is 0 Å². The number of ether oxygens (including phenoxy) is 3. The molecular formula is C14H16Cl3NO4. The summed E-state index contributed by atoms with van der Waals surface area (Å²) in [6.45, 7) is 6.16. The first-order valence-corrected chi connectivity index (χ1v) is 7.57. The number of alkyl carbamates (subject to hydrolysis) is 1. The molecule has 0 saturated carbocycles. The number of hydrogen-bond acceptors (Lipinski definition) is 4. The van der Waals surface area contributed by atoms with Gasteiger partial charge in [-0.25, -0.2) is 10.1 Å². The van der Waals surface area contributed by atoms with Crippen LogP contribution in [-0.2, 0) is 10.2 Å². The number of halogens is 3. The van der Waals surface area contributed by atoms with Gasteiger partial charge in [-0.15, -0.1) is 0 Å². The Morgan fingerprint density at radius 1 is 1.18 bits per heavy atom. The van der Waals surface area contributed by atoms with Crippen LogP contribution in [0.3, 0.4) is 0 Å². The number of fused-ring (bicyclic) bond motifs is 1. The fraction of sp³-hybridized carbons (Fsp3) is 0.500. The molecule has 1 N–H and O–H groups in total. The first-order valence-electron chi connectivity index (χ1n) is 6.44. The molecule has 1 unspecified atom stereocenters. The van der Waals surface area contributed by atoms with Crippen molar-refractivity contribution < 1.29 is 19.0 Å². The number of benzene rings is 1. The number of methoxy groups -OCH3 is 1. The summed E-state index contributed by atoms with van der Waals surface area (Å²) in [7, 11) is 1.18. The molecule has 1 amide bonds. The lowest BCUT2D eigenvalue weighted by molar-refractivity contribution is -0.0981. The van der Waals surface area contributed by atoms with Gasteiger partial charge in [0.15, 0.2) is 11.5 Å². The molecule has 1 aromatic rings. The molecule has 22 heavy (non-hydrogen) atoms. The number of hydrogen-bond donors (Lipinski definition) is 1. The van der Waals surface area contributed by atoms with Crippen LogP contribution in [0, 0.1) is 0 Å². The lowest BCUT2D eigenvalue weighted by Crippen LogP contribution is -2.63. The van der Waals surface area contributed by atoms with Gasteiger partial charge in [0, 0.05) is 0 Å². The highest BCUT2D eigenvalue weighted by molar-refractivity contribution is 6.68. The minimum atomic E-state index is -2.08. The molecule has 0 spiro atoms. The van der Waals surface area contributed by atoms with Crippen LogP contribution in [0.15, 0.2) is 18.2 Å². The molecular weight excluding hydrogens is 353 g/mol. The molecule has 1 atom stereocenters. The average molecular weight is 369 g/mol. The first-order chi connectivity index (χ1) is 9.98. The van der Waals surface area contributed by atoms with Crippen LogP contribution in [0.2, 0.25) is 0 Å². The maximum Gasteiger partial charge on any atom is 0.412 e. The minimum Gasteiger partial charge on any atom is -0.453 e. The van der Waals surface area contributed by atoms with Crippen molar-refractivity contribution in [1.82, 2.24) is 5.32 Å². The zero-order chi connectivity index (χ0) is 16.8. The van der Waals surface area contributed by atoms with E-state index in [9.17, 15) is 4.79 Å². The molecule has 2 rings (SSSR count). The fourth-order valence-electron chi connectivity index (χ4n) is 1.89. The van der Waals surface area contributed by atoms with Gasteiger partial charge in [0.05, 0.1) is 7.11 Å². The zero-order valence-corrected chi connectivity index (χ0v) is 14.8. The summed E-state index contributed by atoms with van der Waals surface area (Å²) >= 11 is 17.8. The quantitative estimate of drug-likeness (QED) is 0.757. The van der Waals surface area contributed by atoms with Crippen LogP contribution in [0.4, 0.5) is 4.79 Å². The van der Waals surface area contributed by atoms with Crippen LogP contribution in [-0.4, -0.2) is 22.9 Å². The Morgan fingerprint density at radius 3 is 2.27 bits per heavy atom. The van der Waals surface area contributed by atoms with E-state index in [4.69, 9.17) is 44.3 Å². The van der Waals surface area contributed by atoms with Crippen molar-refractivity contribution in [3.8, 4) is 11.5 Å². The molecule has 0 aromatic heterocycles. The number of alkyl halides is 3. The SMILES string of the molecule is COC(=O)NC1(C(Cl)(Cl)Cl)Oc2ccc(C(C)(C)C)cc2O1. The van der Waals surface area contributed by atoms with Crippen molar-refractivity contribution in [1.29, 1.82) is 0 Å². The molecule has 0 bridgehead atoms. The Labute approximate surface area is 143 Å². The second-order valence-corrected chi connectivity index (χ2v) is 8.13. The van der Waals surface area contributed by atoms with Crippen LogP contribution in [0.1, 0.15) is 26.3 Å². The van der Waals surface area contributed by atoms with Gasteiger partial charge in [0.25, 0.3) is 3.79 Å². The molecule has 122 valence electrons. The normalized spacial score (nSPS) is 20.7. The van der Waals surface area contributed by atoms with Crippen molar-refractivity contribution in [3.05, 3.63) is 23.8 Å². The Kier molecular flexibility index (Phi) is 4.37. The second-order valence-electron chi connectivity index (χ2n) is 5.85. The third-order valence-electron chi connectivity index (χ3n) is 3.14. The number of carbonyl (C=O) groups is 1. The highest BCUT2D eigenvalue weighted by atomic mass is 35.6. The van der Waals surface area contributed by atoms with Gasteiger partial charge in [-0.2, -0.15) is 0 Å². The Hall–Kier alpha value is -1.04. The van der Waals surface area contributed by atoms with E-state index >= 15 is 0 Å². The predicted molar refractivity (Wildman–Crippen MR) is 85.0 cm³/mol. The van der Waals surface area contributed by atoms with Crippen molar-refractivity contribution in [3.63, 3.8) is 0 Å². The smallest absolute Gasteiger partial charge is 0.412 e. The van der Waals surface area contributed by atoms with E-state index in [1.807, 2.05) is 6.07 Å². The highest BCUT2D eigenvalue weighted by Gasteiger charge is 2.60. The monoisotopic (exact) mass is 367 g/mol. The summed E-state index contributed by atoms with van der Waals surface area (Å²) in [5.41, 5.74) is 0.910. The fourth-order valence-corrected chi connectivity index (χ4v) is 2.27. The maximum atomic E-state index is 11.5. The van der Waals surface area contributed by atoms with Crippen LogP contribution < -0.4 is 14.8 Å². The van der Waals surface area contributed by atoms with Gasteiger partial charge < -0.3 is 14.2 Å². The minimum absolute atomic E-state index is 0.0978. The van der Waals surface area contributed by atoms with Crippen LogP contribution in [0.5, 0.6) is 11.5 Å². The summed E-state index contributed by atoms with van der Waals surface area (Å²) in [6.07, 6.45) is -0.852. The van der Waals surface area contributed by atoms with Crippen LogP contribution >= 0.6 is 34.8 Å². The van der Waals surface area contributed by atoms with Gasteiger partial charge in [-0.3, -0.25) is 0 Å². The van der Waals surface area contributed by atoms with Crippen molar-refractivity contribution in [2.75, 3.05) is 7.11 Å². The molecule has 0 fully saturated rings. The molecule has 1 heterocycles. The number of amides is 1. The molecule has 8 heteroatoms. The zero-order valence-electron chi connectivity index (χ0n) is 12.5. The molecule has 1 aliphatic rings. The van der Waals surface area contributed by atoms with Gasteiger partial charge in [-0.1, -0.05) is 61.6 Å². The maximum absolute atomic E-state index is 11.5. The summed E-state index contributed by atoms with van der Waals surface area (Å²) in [5.74, 6) is -1.27. The van der Waals surface area contributed by atoms with E-state index in [1.165, 1.54) is 7.11 Å². The summed E-state index contributed by atoms with van der Waals surface area (Å²) in [5, 5.41) is 2.29. The van der Waals surface area contributed by atoms with Crippen molar-refractivity contribution in [2.24, 2.45) is 0 Å². The lowest BCUT2D eigenvalue weighted by Gasteiger charge is -2.32. The largest absolute Gasteiger partial charge is 0.453 e. The number of carbonyl (C=O) groups excluding carboxylic acids is 1. The molecule has 0 aliphatic carbocycles. The summed E-state index contributed by atoms with van der Waals surface area (Å²) in [6, 6.07) is 5.37. The first kappa shape index (κ1) is 17.3. The average Bonchev–Trinajstić information content (AvgIpc) is 2.75. The third kappa shape index (κ3) is 3.16. The summed E-state index contributed by atoms with van der Waals surface area (Å²) < 4.78 is 13.6. The molecule has 1 aromatic carbocycles. The topological polar surface area (TPSA) is 56.8 Å². The molecule has 0 saturated heterocycles. The molecule has 5 nitrogen and oxygen atoms in total. The van der Waals surface area contributed by atoms with Gasteiger partial charge in [0.2, 0.25) is 0 Å². The molecule has 1 aliphatic heterocycles. The highest BCUT2D eigenvalue weighted by Crippen LogP contribution is 2.49. The van der Waals surface area contributed by atoms with E-state index in [2.05, 4.69) is 30.8 Å². The van der Waals surface area contributed by atoms with Gasteiger partial charge >= 0.3 is 12.0 Å². The predicted octanol–water partition coefficient (Wildman–Crippen LogP) is 4.14. The van der Waals surface area contributed by atoms with E-state index in [1.54, 1.807) is 12.1 Å². The van der Waals surface area contributed by atoms with E-state index in [0.29, 0.717) is 11.5 Å².